The van der Waals surface area contributed by atoms with Crippen molar-refractivity contribution in [2.75, 3.05) is 13.7 Å². The van der Waals surface area contributed by atoms with Gasteiger partial charge in [-0.25, -0.2) is 4.98 Å². The second kappa shape index (κ2) is 6.84. The summed E-state index contributed by atoms with van der Waals surface area (Å²) in [5.41, 5.74) is 1.31. The van der Waals surface area contributed by atoms with Crippen molar-refractivity contribution in [2.24, 2.45) is 0 Å². The number of ether oxygens (including phenoxy) is 1. The molecule has 0 bridgehead atoms. The Morgan fingerprint density at radius 3 is 2.88 bits per heavy atom. The van der Waals surface area contributed by atoms with Gasteiger partial charge in [-0.1, -0.05) is 24.3 Å². The van der Waals surface area contributed by atoms with Gasteiger partial charge in [-0.15, -0.1) is 10.2 Å². The molecule has 0 spiro atoms. The first kappa shape index (κ1) is 16.7. The van der Waals surface area contributed by atoms with E-state index in [1.807, 2.05) is 42.2 Å². The third kappa shape index (κ3) is 2.94. The Hall–Kier alpha value is -2.80. The van der Waals surface area contributed by atoms with Crippen LogP contribution in [0.15, 0.2) is 36.4 Å². The number of methoxy groups -OCH3 is 1. The topological polar surface area (TPSA) is 73.1 Å². The van der Waals surface area contributed by atoms with E-state index in [1.165, 1.54) is 0 Å². The molecule has 0 N–H and O–H groups in total. The molecule has 1 aliphatic heterocycles. The number of rotatable bonds is 3. The van der Waals surface area contributed by atoms with Gasteiger partial charge in [0.15, 0.2) is 5.82 Å². The van der Waals surface area contributed by atoms with E-state index >= 15 is 0 Å². The van der Waals surface area contributed by atoms with Crippen molar-refractivity contribution in [1.82, 2.24) is 24.6 Å². The quantitative estimate of drug-likeness (QED) is 0.722. The van der Waals surface area contributed by atoms with Crippen LogP contribution in [0.25, 0.3) is 10.9 Å². The van der Waals surface area contributed by atoms with Gasteiger partial charge in [0.05, 0.1) is 5.52 Å². The van der Waals surface area contributed by atoms with E-state index in [-0.39, 0.29) is 11.9 Å². The van der Waals surface area contributed by atoms with E-state index in [2.05, 4.69) is 19.7 Å². The Kier molecular flexibility index (Phi) is 4.38. The van der Waals surface area contributed by atoms with Gasteiger partial charge < -0.3 is 14.2 Å². The Balaban J connectivity index is 1.59. The predicted molar refractivity (Wildman–Crippen MR) is 96.7 cm³/mol. The Morgan fingerprint density at radius 2 is 2.04 bits per heavy atom. The van der Waals surface area contributed by atoms with Crippen molar-refractivity contribution in [3.05, 3.63) is 53.7 Å². The molecule has 1 unspecified atom stereocenters. The summed E-state index contributed by atoms with van der Waals surface area (Å²) in [6, 6.07) is 11.6. The second-order valence-electron chi connectivity index (χ2n) is 6.56. The lowest BCUT2D eigenvalue weighted by Crippen LogP contribution is -2.40. The van der Waals surface area contributed by atoms with E-state index in [9.17, 15) is 4.79 Å². The standard InChI is InChI=1S/C19H21N5O2/c1-13-11-17-21-22-18(12-26-2)24(17)10-9-23(13)19(25)16-8-7-14-5-3-4-6-15(14)20-16/h3-8,13H,9-12H2,1-2H3. The fourth-order valence-electron chi connectivity index (χ4n) is 3.45. The van der Waals surface area contributed by atoms with Crippen LogP contribution in [-0.2, 0) is 24.3 Å². The van der Waals surface area contributed by atoms with Crippen molar-refractivity contribution in [3.63, 3.8) is 0 Å². The molecule has 4 rings (SSSR count). The molecule has 0 saturated heterocycles. The SMILES string of the molecule is COCc1nnc2n1CCN(C(=O)c1ccc3ccccc3n1)C(C)C2. The minimum absolute atomic E-state index is 0.0246. The Morgan fingerprint density at radius 1 is 1.19 bits per heavy atom. The van der Waals surface area contributed by atoms with Crippen molar-refractivity contribution in [1.29, 1.82) is 0 Å². The largest absolute Gasteiger partial charge is 0.377 e. The molecule has 7 heteroatoms. The number of hydrogen-bond donors (Lipinski definition) is 0. The maximum absolute atomic E-state index is 13.1. The molecule has 3 heterocycles. The average molecular weight is 351 g/mol. The molecule has 0 fully saturated rings. The van der Waals surface area contributed by atoms with Crippen LogP contribution in [0.4, 0.5) is 0 Å². The van der Waals surface area contributed by atoms with Crippen LogP contribution >= 0.6 is 0 Å². The van der Waals surface area contributed by atoms with Crippen LogP contribution < -0.4 is 0 Å². The zero-order valence-electron chi connectivity index (χ0n) is 14.9. The van der Waals surface area contributed by atoms with Crippen LogP contribution in [-0.4, -0.2) is 50.3 Å². The van der Waals surface area contributed by atoms with E-state index < -0.39 is 0 Å². The number of pyridine rings is 1. The minimum atomic E-state index is -0.0461. The molecule has 3 aromatic rings. The van der Waals surface area contributed by atoms with Crippen LogP contribution in [0.3, 0.4) is 0 Å². The van der Waals surface area contributed by atoms with Gasteiger partial charge in [0.2, 0.25) is 0 Å². The lowest BCUT2D eigenvalue weighted by molar-refractivity contribution is 0.0689. The molecule has 1 atom stereocenters. The smallest absolute Gasteiger partial charge is 0.272 e. The monoisotopic (exact) mass is 351 g/mol. The van der Waals surface area contributed by atoms with Gasteiger partial charge in [0.1, 0.15) is 18.1 Å². The van der Waals surface area contributed by atoms with Gasteiger partial charge in [0, 0.05) is 38.0 Å². The van der Waals surface area contributed by atoms with Crippen molar-refractivity contribution >= 4 is 16.8 Å². The van der Waals surface area contributed by atoms with E-state index in [1.54, 1.807) is 13.2 Å². The van der Waals surface area contributed by atoms with Crippen LogP contribution in [0, 0.1) is 0 Å². The van der Waals surface area contributed by atoms with E-state index in [4.69, 9.17) is 4.74 Å². The Bertz CT molecular complexity index is 952. The average Bonchev–Trinajstić information content (AvgIpc) is 2.94. The molecule has 2 aromatic heterocycles. The molecule has 134 valence electrons. The summed E-state index contributed by atoms with van der Waals surface area (Å²) in [5, 5.41) is 9.50. The first-order valence-electron chi connectivity index (χ1n) is 8.74. The molecule has 0 saturated carbocycles. The number of para-hydroxylation sites is 1. The lowest BCUT2D eigenvalue weighted by Gasteiger charge is -2.26. The van der Waals surface area contributed by atoms with E-state index in [0.717, 1.165) is 22.6 Å². The maximum atomic E-state index is 13.1. The molecule has 0 aliphatic carbocycles. The van der Waals surface area contributed by atoms with Crippen LogP contribution in [0.1, 0.15) is 29.1 Å². The van der Waals surface area contributed by atoms with Crippen LogP contribution in [0.5, 0.6) is 0 Å². The van der Waals surface area contributed by atoms with Gasteiger partial charge in [-0.2, -0.15) is 0 Å². The van der Waals surface area contributed by atoms with Crippen molar-refractivity contribution < 1.29 is 9.53 Å². The first-order chi connectivity index (χ1) is 12.7. The highest BCUT2D eigenvalue weighted by molar-refractivity contribution is 5.95. The fourth-order valence-corrected chi connectivity index (χ4v) is 3.45. The molecule has 0 radical (unpaired) electrons. The molecule has 1 amide bonds. The first-order valence-corrected chi connectivity index (χ1v) is 8.74. The summed E-state index contributed by atoms with van der Waals surface area (Å²) in [6.07, 6.45) is 0.663. The number of amides is 1. The summed E-state index contributed by atoms with van der Waals surface area (Å²) in [5.74, 6) is 1.65. The van der Waals surface area contributed by atoms with Gasteiger partial charge >= 0.3 is 0 Å². The number of carbonyl (C=O) groups is 1. The molecular weight excluding hydrogens is 330 g/mol. The van der Waals surface area contributed by atoms with Crippen LogP contribution in [0.2, 0.25) is 0 Å². The molecule has 1 aliphatic rings. The summed E-state index contributed by atoms with van der Waals surface area (Å²) in [4.78, 5) is 19.5. The predicted octanol–water partition coefficient (Wildman–Crippen LogP) is 2.06. The zero-order chi connectivity index (χ0) is 18.1. The zero-order valence-corrected chi connectivity index (χ0v) is 14.9. The third-order valence-corrected chi connectivity index (χ3v) is 4.83. The molecule has 1 aromatic carbocycles. The fraction of sp³-hybridized carbons (Fsp3) is 0.368. The lowest BCUT2D eigenvalue weighted by atomic mass is 10.1. The number of aromatic nitrogens is 4. The number of fused-ring (bicyclic) bond motifs is 2. The van der Waals surface area contributed by atoms with Gasteiger partial charge in [0.25, 0.3) is 5.91 Å². The summed E-state index contributed by atoms with van der Waals surface area (Å²) in [6.45, 7) is 3.71. The van der Waals surface area contributed by atoms with Crippen molar-refractivity contribution in [2.45, 2.75) is 32.5 Å². The summed E-state index contributed by atoms with van der Waals surface area (Å²) in [7, 11) is 1.64. The van der Waals surface area contributed by atoms with Gasteiger partial charge in [-0.05, 0) is 19.1 Å². The highest BCUT2D eigenvalue weighted by atomic mass is 16.5. The molecule has 26 heavy (non-hydrogen) atoms. The number of carbonyl (C=O) groups excluding carboxylic acids is 1. The van der Waals surface area contributed by atoms with E-state index in [0.29, 0.717) is 31.8 Å². The van der Waals surface area contributed by atoms with Crippen molar-refractivity contribution in [3.8, 4) is 0 Å². The minimum Gasteiger partial charge on any atom is -0.377 e. The third-order valence-electron chi connectivity index (χ3n) is 4.83. The molecular formula is C19H21N5O2. The second-order valence-corrected chi connectivity index (χ2v) is 6.56. The normalized spacial score (nSPS) is 17.2. The maximum Gasteiger partial charge on any atom is 0.272 e. The Labute approximate surface area is 151 Å². The number of benzene rings is 1. The summed E-state index contributed by atoms with van der Waals surface area (Å²) >= 11 is 0. The number of hydrogen-bond acceptors (Lipinski definition) is 5. The summed E-state index contributed by atoms with van der Waals surface area (Å²) < 4.78 is 7.25. The van der Waals surface area contributed by atoms with Gasteiger partial charge in [-0.3, -0.25) is 4.79 Å². The number of nitrogens with zero attached hydrogens (tertiary/aromatic N) is 5. The highest BCUT2D eigenvalue weighted by Crippen LogP contribution is 2.19. The highest BCUT2D eigenvalue weighted by Gasteiger charge is 2.28. The molecule has 7 nitrogen and oxygen atoms in total.